The van der Waals surface area contributed by atoms with Crippen LogP contribution >= 0.6 is 11.3 Å². The van der Waals surface area contributed by atoms with Crippen LogP contribution in [0.2, 0.25) is 0 Å². The number of hydrogen-bond acceptors (Lipinski definition) is 5. The van der Waals surface area contributed by atoms with Crippen molar-refractivity contribution in [1.29, 1.82) is 0 Å². The number of nitrogens with two attached hydrogens (primary N) is 1. The van der Waals surface area contributed by atoms with Gasteiger partial charge in [-0.1, -0.05) is 0 Å². The largest absolute Gasteiger partial charge is 0.375 e. The molecule has 0 amide bonds. The highest BCUT2D eigenvalue weighted by Gasteiger charge is 2.02. The quantitative estimate of drug-likeness (QED) is 0.781. The summed E-state index contributed by atoms with van der Waals surface area (Å²) >= 11 is 1.51. The van der Waals surface area contributed by atoms with Crippen LogP contribution < -0.4 is 5.73 Å². The molecular weight excluding hydrogens is 208 g/mol. The summed E-state index contributed by atoms with van der Waals surface area (Å²) in [6.07, 6.45) is 0.984. The molecule has 1 aromatic heterocycles. The molecular formula is C10H20N4S. The van der Waals surface area contributed by atoms with Gasteiger partial charge in [-0.3, -0.25) is 0 Å². The van der Waals surface area contributed by atoms with Crippen LogP contribution in [0.1, 0.15) is 5.69 Å². The highest BCUT2D eigenvalue weighted by molar-refractivity contribution is 7.13. The number of nitrogens with zero attached hydrogens (tertiary/aromatic N) is 3. The van der Waals surface area contributed by atoms with Crippen LogP contribution in [0.5, 0.6) is 0 Å². The van der Waals surface area contributed by atoms with Crippen molar-refractivity contribution < 1.29 is 0 Å². The Kier molecular flexibility index (Phi) is 5.01. The van der Waals surface area contributed by atoms with Crippen molar-refractivity contribution in [3.05, 3.63) is 11.1 Å². The first kappa shape index (κ1) is 12.4. The Morgan fingerprint density at radius 3 is 2.53 bits per heavy atom. The summed E-state index contributed by atoms with van der Waals surface area (Å²) in [6.45, 7) is 3.22. The Morgan fingerprint density at radius 2 is 2.00 bits per heavy atom. The zero-order chi connectivity index (χ0) is 11.3. The summed E-state index contributed by atoms with van der Waals surface area (Å²) in [5.41, 5.74) is 6.68. The van der Waals surface area contributed by atoms with E-state index >= 15 is 0 Å². The third kappa shape index (κ3) is 5.11. The Hall–Kier alpha value is -0.650. The van der Waals surface area contributed by atoms with Crippen molar-refractivity contribution in [3.8, 4) is 0 Å². The molecule has 15 heavy (non-hydrogen) atoms. The number of aromatic nitrogens is 1. The average Bonchev–Trinajstić information content (AvgIpc) is 2.58. The van der Waals surface area contributed by atoms with Crippen LogP contribution in [-0.4, -0.2) is 55.6 Å². The summed E-state index contributed by atoms with van der Waals surface area (Å²) in [5, 5.41) is 2.70. The minimum absolute atomic E-state index is 0.668. The maximum absolute atomic E-state index is 5.57. The van der Waals surface area contributed by atoms with Crippen LogP contribution in [-0.2, 0) is 6.42 Å². The maximum atomic E-state index is 5.57. The summed E-state index contributed by atoms with van der Waals surface area (Å²) in [5.74, 6) is 0. The van der Waals surface area contributed by atoms with Crippen LogP contribution in [0.3, 0.4) is 0 Å². The predicted octanol–water partition coefficient (Wildman–Crippen LogP) is 0.761. The lowest BCUT2D eigenvalue weighted by molar-refractivity contribution is 0.284. The number of nitrogen functional groups attached to an aromatic ring is 1. The number of hydrogen-bond donors (Lipinski definition) is 1. The molecule has 2 N–H and O–H groups in total. The van der Waals surface area contributed by atoms with Gasteiger partial charge in [0.05, 0.1) is 5.69 Å². The molecule has 0 saturated heterocycles. The summed E-state index contributed by atoms with van der Waals surface area (Å²) in [6, 6.07) is 0. The highest BCUT2D eigenvalue weighted by Crippen LogP contribution is 2.11. The summed E-state index contributed by atoms with van der Waals surface area (Å²) in [7, 11) is 6.32. The van der Waals surface area contributed by atoms with E-state index in [9.17, 15) is 0 Å². The average molecular weight is 228 g/mol. The van der Waals surface area contributed by atoms with Gasteiger partial charge in [0, 0.05) is 31.4 Å². The second-order valence-electron chi connectivity index (χ2n) is 4.03. The van der Waals surface area contributed by atoms with E-state index in [1.165, 1.54) is 11.3 Å². The van der Waals surface area contributed by atoms with Gasteiger partial charge in [0.15, 0.2) is 5.13 Å². The maximum Gasteiger partial charge on any atom is 0.180 e. The van der Waals surface area contributed by atoms with E-state index < -0.39 is 0 Å². The van der Waals surface area contributed by atoms with Gasteiger partial charge >= 0.3 is 0 Å². The van der Waals surface area contributed by atoms with Crippen molar-refractivity contribution in [2.45, 2.75) is 6.42 Å². The molecule has 0 aliphatic carbocycles. The third-order valence-corrected chi connectivity index (χ3v) is 2.97. The number of thiazole rings is 1. The molecule has 0 aliphatic heterocycles. The van der Waals surface area contributed by atoms with Gasteiger partial charge in [-0.15, -0.1) is 11.3 Å². The SMILES string of the molecule is CN(C)CCN(C)CCc1csc(N)n1. The van der Waals surface area contributed by atoms with Gasteiger partial charge in [-0.05, 0) is 21.1 Å². The molecule has 0 spiro atoms. The van der Waals surface area contributed by atoms with Crippen LogP contribution in [0, 0.1) is 0 Å². The highest BCUT2D eigenvalue weighted by atomic mass is 32.1. The first-order valence-corrected chi connectivity index (χ1v) is 5.99. The van der Waals surface area contributed by atoms with E-state index in [2.05, 4.69) is 35.9 Å². The fraction of sp³-hybridized carbons (Fsp3) is 0.700. The Labute approximate surface area is 95.7 Å². The molecule has 1 aromatic rings. The monoisotopic (exact) mass is 228 g/mol. The minimum Gasteiger partial charge on any atom is -0.375 e. The first-order chi connectivity index (χ1) is 7.08. The van der Waals surface area contributed by atoms with Crippen molar-refractivity contribution >= 4 is 16.5 Å². The van der Waals surface area contributed by atoms with Crippen LogP contribution in [0.25, 0.3) is 0 Å². The van der Waals surface area contributed by atoms with Crippen LogP contribution in [0.15, 0.2) is 5.38 Å². The van der Waals surface area contributed by atoms with Gasteiger partial charge in [0.25, 0.3) is 0 Å². The summed E-state index contributed by atoms with van der Waals surface area (Å²) in [4.78, 5) is 8.74. The normalized spacial score (nSPS) is 11.5. The van der Waals surface area contributed by atoms with Crippen molar-refractivity contribution in [2.75, 3.05) is 46.5 Å². The molecule has 0 bridgehead atoms. The topological polar surface area (TPSA) is 45.4 Å². The van der Waals surface area contributed by atoms with Gasteiger partial charge in [-0.25, -0.2) is 4.98 Å². The van der Waals surface area contributed by atoms with Gasteiger partial charge in [0.2, 0.25) is 0 Å². The van der Waals surface area contributed by atoms with Crippen molar-refractivity contribution in [1.82, 2.24) is 14.8 Å². The predicted molar refractivity (Wildman–Crippen MR) is 66.3 cm³/mol. The second kappa shape index (κ2) is 6.05. The lowest BCUT2D eigenvalue weighted by Crippen LogP contribution is -2.30. The second-order valence-corrected chi connectivity index (χ2v) is 4.92. The number of likely N-dealkylation sites (N-methyl/N-ethyl adjacent to an activating group) is 2. The molecule has 0 unspecified atom stereocenters. The molecule has 0 atom stereocenters. The van der Waals surface area contributed by atoms with E-state index in [-0.39, 0.29) is 0 Å². The van der Waals surface area contributed by atoms with Gasteiger partial charge in [0.1, 0.15) is 0 Å². The molecule has 5 heteroatoms. The third-order valence-electron chi connectivity index (χ3n) is 2.25. The lowest BCUT2D eigenvalue weighted by atomic mass is 10.3. The molecule has 4 nitrogen and oxygen atoms in total. The fourth-order valence-corrected chi connectivity index (χ4v) is 1.82. The molecule has 0 aliphatic rings. The van der Waals surface area contributed by atoms with E-state index in [0.717, 1.165) is 31.7 Å². The zero-order valence-electron chi connectivity index (χ0n) is 9.73. The Balaban J connectivity index is 2.19. The first-order valence-electron chi connectivity index (χ1n) is 5.11. The van der Waals surface area contributed by atoms with Crippen LogP contribution in [0.4, 0.5) is 5.13 Å². The van der Waals surface area contributed by atoms with Crippen molar-refractivity contribution in [2.24, 2.45) is 0 Å². The molecule has 86 valence electrons. The lowest BCUT2D eigenvalue weighted by Gasteiger charge is -2.18. The number of anilines is 1. The summed E-state index contributed by atoms with van der Waals surface area (Å²) < 4.78 is 0. The Bertz CT molecular complexity index is 285. The molecule has 1 heterocycles. The van der Waals surface area contributed by atoms with E-state index in [1.807, 2.05) is 5.38 Å². The molecule has 0 saturated carbocycles. The zero-order valence-corrected chi connectivity index (χ0v) is 10.5. The smallest absolute Gasteiger partial charge is 0.180 e. The fourth-order valence-electron chi connectivity index (χ4n) is 1.23. The molecule has 0 fully saturated rings. The van der Waals surface area contributed by atoms with Gasteiger partial charge < -0.3 is 15.5 Å². The molecule has 0 aromatic carbocycles. The van der Waals surface area contributed by atoms with E-state index in [1.54, 1.807) is 0 Å². The van der Waals surface area contributed by atoms with Crippen molar-refractivity contribution in [3.63, 3.8) is 0 Å². The van der Waals surface area contributed by atoms with Gasteiger partial charge in [-0.2, -0.15) is 0 Å². The Morgan fingerprint density at radius 1 is 1.27 bits per heavy atom. The van der Waals surface area contributed by atoms with E-state index in [4.69, 9.17) is 5.73 Å². The molecule has 1 rings (SSSR count). The standard InChI is InChI=1S/C10H20N4S/c1-13(2)6-7-14(3)5-4-9-8-15-10(11)12-9/h8H,4-7H2,1-3H3,(H2,11,12). The molecule has 0 radical (unpaired) electrons. The minimum atomic E-state index is 0.668. The number of rotatable bonds is 6. The van der Waals surface area contributed by atoms with E-state index in [0.29, 0.717) is 5.13 Å².